The standard InChI is InChI=1S/C18H20N2OS/c1-22-17-15(10-7-12-19-17)16-11-5-6-13-20(16)18(21)14-8-3-2-4-9-14/h2-4,7-10,12,16H,5-6,11,13H2,1H3/t16-/m1/s1. The van der Waals surface area contributed by atoms with Crippen molar-refractivity contribution in [2.45, 2.75) is 30.3 Å². The van der Waals surface area contributed by atoms with E-state index in [1.165, 1.54) is 5.56 Å². The Labute approximate surface area is 135 Å². The fraction of sp³-hybridized carbons (Fsp3) is 0.333. The minimum Gasteiger partial charge on any atom is -0.332 e. The summed E-state index contributed by atoms with van der Waals surface area (Å²) in [5.41, 5.74) is 1.95. The van der Waals surface area contributed by atoms with Crippen molar-refractivity contribution in [2.24, 2.45) is 0 Å². The Kier molecular flexibility index (Phi) is 4.78. The highest BCUT2D eigenvalue weighted by atomic mass is 32.2. The first-order valence-corrected chi connectivity index (χ1v) is 8.88. The van der Waals surface area contributed by atoms with Crippen molar-refractivity contribution in [3.8, 4) is 0 Å². The minimum atomic E-state index is 0.126. The molecule has 2 heterocycles. The molecule has 1 aliphatic heterocycles. The van der Waals surface area contributed by atoms with Crippen LogP contribution in [-0.2, 0) is 0 Å². The van der Waals surface area contributed by atoms with E-state index in [0.29, 0.717) is 0 Å². The molecule has 1 aromatic heterocycles. The average molecular weight is 312 g/mol. The summed E-state index contributed by atoms with van der Waals surface area (Å²) in [6, 6.07) is 13.8. The number of likely N-dealkylation sites (tertiary alicyclic amines) is 1. The van der Waals surface area contributed by atoms with Crippen molar-refractivity contribution in [1.82, 2.24) is 9.88 Å². The Balaban J connectivity index is 1.93. The molecule has 114 valence electrons. The summed E-state index contributed by atoms with van der Waals surface area (Å²) in [6.07, 6.45) is 7.10. The van der Waals surface area contributed by atoms with E-state index in [4.69, 9.17) is 0 Å². The highest BCUT2D eigenvalue weighted by Crippen LogP contribution is 2.35. The predicted octanol–water partition coefficient (Wildman–Crippen LogP) is 4.17. The van der Waals surface area contributed by atoms with Gasteiger partial charge in [-0.15, -0.1) is 11.8 Å². The van der Waals surface area contributed by atoms with Crippen LogP contribution in [0.1, 0.15) is 41.2 Å². The van der Waals surface area contributed by atoms with Crippen molar-refractivity contribution in [1.29, 1.82) is 0 Å². The average Bonchev–Trinajstić information content (AvgIpc) is 2.62. The smallest absolute Gasteiger partial charge is 0.254 e. The largest absolute Gasteiger partial charge is 0.332 e. The summed E-state index contributed by atoms with van der Waals surface area (Å²) in [4.78, 5) is 19.4. The van der Waals surface area contributed by atoms with Crippen LogP contribution in [0.15, 0.2) is 53.7 Å². The first-order valence-electron chi connectivity index (χ1n) is 7.66. The van der Waals surface area contributed by atoms with Crippen LogP contribution in [0.25, 0.3) is 0 Å². The molecule has 3 rings (SSSR count). The number of nitrogens with zero attached hydrogens (tertiary/aromatic N) is 2. The maximum absolute atomic E-state index is 12.9. The van der Waals surface area contributed by atoms with Gasteiger partial charge in [-0.2, -0.15) is 0 Å². The second-order valence-electron chi connectivity index (χ2n) is 5.48. The summed E-state index contributed by atoms with van der Waals surface area (Å²) in [6.45, 7) is 0.821. The van der Waals surface area contributed by atoms with Gasteiger partial charge in [0, 0.05) is 23.9 Å². The van der Waals surface area contributed by atoms with Crippen LogP contribution >= 0.6 is 11.8 Å². The third kappa shape index (κ3) is 3.02. The zero-order valence-electron chi connectivity index (χ0n) is 12.7. The first-order chi connectivity index (χ1) is 10.8. The number of piperidine rings is 1. The molecular formula is C18H20N2OS. The fourth-order valence-corrected chi connectivity index (χ4v) is 3.68. The van der Waals surface area contributed by atoms with Crippen molar-refractivity contribution in [3.63, 3.8) is 0 Å². The van der Waals surface area contributed by atoms with Crippen LogP contribution in [0.5, 0.6) is 0 Å². The molecule has 4 heteroatoms. The van der Waals surface area contributed by atoms with Crippen LogP contribution in [-0.4, -0.2) is 28.6 Å². The van der Waals surface area contributed by atoms with E-state index in [2.05, 4.69) is 11.1 Å². The van der Waals surface area contributed by atoms with Gasteiger partial charge < -0.3 is 4.90 Å². The molecule has 0 N–H and O–H groups in total. The molecule has 1 fully saturated rings. The van der Waals surface area contributed by atoms with Gasteiger partial charge >= 0.3 is 0 Å². The van der Waals surface area contributed by atoms with E-state index in [0.717, 1.165) is 36.4 Å². The van der Waals surface area contributed by atoms with Gasteiger partial charge in [-0.3, -0.25) is 4.79 Å². The molecule has 2 aromatic rings. The van der Waals surface area contributed by atoms with Gasteiger partial charge in [0.25, 0.3) is 5.91 Å². The molecule has 3 nitrogen and oxygen atoms in total. The lowest BCUT2D eigenvalue weighted by Gasteiger charge is -2.36. The summed E-state index contributed by atoms with van der Waals surface area (Å²) >= 11 is 1.65. The Bertz CT molecular complexity index is 645. The summed E-state index contributed by atoms with van der Waals surface area (Å²) < 4.78 is 0. The van der Waals surface area contributed by atoms with E-state index >= 15 is 0 Å². The summed E-state index contributed by atoms with van der Waals surface area (Å²) in [5, 5.41) is 1.03. The number of pyridine rings is 1. The Morgan fingerprint density at radius 3 is 2.77 bits per heavy atom. The van der Waals surface area contributed by atoms with Gasteiger partial charge in [-0.25, -0.2) is 4.98 Å². The third-order valence-electron chi connectivity index (χ3n) is 4.14. The van der Waals surface area contributed by atoms with E-state index in [9.17, 15) is 4.79 Å². The molecule has 1 saturated heterocycles. The number of thioether (sulfide) groups is 1. The van der Waals surface area contributed by atoms with Crippen molar-refractivity contribution < 1.29 is 4.79 Å². The molecular weight excluding hydrogens is 292 g/mol. The Morgan fingerprint density at radius 2 is 2.00 bits per heavy atom. The van der Waals surface area contributed by atoms with E-state index in [-0.39, 0.29) is 11.9 Å². The van der Waals surface area contributed by atoms with Gasteiger partial charge in [0.1, 0.15) is 5.03 Å². The second-order valence-corrected chi connectivity index (χ2v) is 6.27. The number of amides is 1. The lowest BCUT2D eigenvalue weighted by atomic mass is 9.95. The highest BCUT2D eigenvalue weighted by Gasteiger charge is 2.30. The zero-order valence-corrected chi connectivity index (χ0v) is 13.6. The first kappa shape index (κ1) is 15.1. The quantitative estimate of drug-likeness (QED) is 0.798. The number of aromatic nitrogens is 1. The number of carbonyl (C=O) groups excluding carboxylic acids is 1. The predicted molar refractivity (Wildman–Crippen MR) is 90.1 cm³/mol. The van der Waals surface area contributed by atoms with Gasteiger partial charge in [0.05, 0.1) is 6.04 Å². The molecule has 1 aliphatic rings. The van der Waals surface area contributed by atoms with Crippen LogP contribution in [0.3, 0.4) is 0 Å². The maximum Gasteiger partial charge on any atom is 0.254 e. The second kappa shape index (κ2) is 6.97. The Hall–Kier alpha value is -1.81. The topological polar surface area (TPSA) is 33.2 Å². The van der Waals surface area contributed by atoms with Gasteiger partial charge in [-0.1, -0.05) is 24.3 Å². The molecule has 0 radical (unpaired) electrons. The monoisotopic (exact) mass is 312 g/mol. The molecule has 0 aliphatic carbocycles. The summed E-state index contributed by atoms with van der Waals surface area (Å²) in [7, 11) is 0. The van der Waals surface area contributed by atoms with Gasteiger partial charge in [0.15, 0.2) is 0 Å². The zero-order chi connectivity index (χ0) is 15.4. The molecule has 1 atom stereocenters. The number of carbonyl (C=O) groups is 1. The van der Waals surface area contributed by atoms with Crippen LogP contribution < -0.4 is 0 Å². The fourth-order valence-electron chi connectivity index (χ4n) is 3.07. The maximum atomic E-state index is 12.9. The number of hydrogen-bond donors (Lipinski definition) is 0. The Morgan fingerprint density at radius 1 is 1.18 bits per heavy atom. The SMILES string of the molecule is CSc1ncccc1[C@H]1CCCCN1C(=O)c1ccccc1. The lowest BCUT2D eigenvalue weighted by Crippen LogP contribution is -2.38. The van der Waals surface area contributed by atoms with Crippen molar-refractivity contribution in [2.75, 3.05) is 12.8 Å². The van der Waals surface area contributed by atoms with Gasteiger partial charge in [0.2, 0.25) is 0 Å². The normalized spacial score (nSPS) is 18.2. The molecule has 0 saturated carbocycles. The molecule has 1 amide bonds. The number of rotatable bonds is 3. The molecule has 0 bridgehead atoms. The van der Waals surface area contributed by atoms with Gasteiger partial charge in [-0.05, 0) is 43.7 Å². The van der Waals surface area contributed by atoms with E-state index < -0.39 is 0 Å². The number of hydrogen-bond acceptors (Lipinski definition) is 3. The van der Waals surface area contributed by atoms with Crippen molar-refractivity contribution >= 4 is 17.7 Å². The minimum absolute atomic E-state index is 0.126. The van der Waals surface area contributed by atoms with Crippen LogP contribution in [0.2, 0.25) is 0 Å². The molecule has 0 spiro atoms. The van der Waals surface area contributed by atoms with E-state index in [1.807, 2.05) is 53.8 Å². The number of benzene rings is 1. The highest BCUT2D eigenvalue weighted by molar-refractivity contribution is 7.98. The van der Waals surface area contributed by atoms with Crippen LogP contribution in [0, 0.1) is 0 Å². The molecule has 0 unspecified atom stereocenters. The van der Waals surface area contributed by atoms with Crippen molar-refractivity contribution in [3.05, 3.63) is 59.8 Å². The summed E-state index contributed by atoms with van der Waals surface area (Å²) in [5.74, 6) is 0.126. The molecule has 1 aromatic carbocycles. The van der Waals surface area contributed by atoms with E-state index in [1.54, 1.807) is 11.8 Å². The molecule has 22 heavy (non-hydrogen) atoms. The van der Waals surface area contributed by atoms with Crippen LogP contribution in [0.4, 0.5) is 0 Å². The third-order valence-corrected chi connectivity index (χ3v) is 4.87. The lowest BCUT2D eigenvalue weighted by molar-refractivity contribution is 0.0607.